The van der Waals surface area contributed by atoms with E-state index in [2.05, 4.69) is 16.2 Å². The molecule has 1 fully saturated rings. The van der Waals surface area contributed by atoms with Crippen molar-refractivity contribution in [3.8, 4) is 6.07 Å². The van der Waals surface area contributed by atoms with Gasteiger partial charge in [0.15, 0.2) is 5.82 Å². The Labute approximate surface area is 109 Å². The molecule has 1 aromatic heterocycles. The molecule has 90 valence electrons. The Morgan fingerprint density at radius 1 is 1.50 bits per heavy atom. The third-order valence-corrected chi connectivity index (χ3v) is 3.24. The first-order valence-electron chi connectivity index (χ1n) is 5.73. The lowest BCUT2D eigenvalue weighted by molar-refractivity contribution is 0.373. The highest BCUT2D eigenvalue weighted by Gasteiger charge is 2.43. The molecule has 0 aliphatic heterocycles. The van der Waals surface area contributed by atoms with Crippen LogP contribution in [0.15, 0.2) is 28.8 Å². The van der Waals surface area contributed by atoms with Gasteiger partial charge in [-0.1, -0.05) is 28.9 Å². The van der Waals surface area contributed by atoms with Crippen molar-refractivity contribution < 1.29 is 4.52 Å². The Kier molecular flexibility index (Phi) is 2.77. The van der Waals surface area contributed by atoms with E-state index in [-0.39, 0.29) is 11.8 Å². The molecule has 3 rings (SSSR count). The highest BCUT2D eigenvalue weighted by molar-refractivity contribution is 6.30. The van der Waals surface area contributed by atoms with Crippen molar-refractivity contribution in [3.63, 3.8) is 0 Å². The van der Waals surface area contributed by atoms with Gasteiger partial charge in [-0.15, -0.1) is 0 Å². The maximum Gasteiger partial charge on any atom is 0.231 e. The van der Waals surface area contributed by atoms with Gasteiger partial charge in [0.25, 0.3) is 0 Å². The van der Waals surface area contributed by atoms with Gasteiger partial charge in [0.05, 0.1) is 17.9 Å². The van der Waals surface area contributed by atoms with E-state index in [0.717, 1.165) is 12.0 Å². The van der Waals surface area contributed by atoms with E-state index in [4.69, 9.17) is 21.4 Å². The van der Waals surface area contributed by atoms with Crippen molar-refractivity contribution in [2.75, 3.05) is 0 Å². The van der Waals surface area contributed by atoms with Crippen molar-refractivity contribution in [3.05, 3.63) is 46.6 Å². The summed E-state index contributed by atoms with van der Waals surface area (Å²) >= 11 is 5.91. The van der Waals surface area contributed by atoms with Crippen LogP contribution < -0.4 is 0 Å². The van der Waals surface area contributed by atoms with Gasteiger partial charge in [-0.2, -0.15) is 10.2 Å². The molecule has 2 aromatic rings. The summed E-state index contributed by atoms with van der Waals surface area (Å²) in [5, 5.41) is 13.4. The smallest absolute Gasteiger partial charge is 0.231 e. The molecule has 0 N–H and O–H groups in total. The largest absolute Gasteiger partial charge is 0.339 e. The zero-order chi connectivity index (χ0) is 12.5. The first-order chi connectivity index (χ1) is 8.76. The summed E-state index contributed by atoms with van der Waals surface area (Å²) in [6.07, 6.45) is 1.42. The third kappa shape index (κ3) is 2.22. The Morgan fingerprint density at radius 3 is 3.11 bits per heavy atom. The number of benzene rings is 1. The molecule has 2 unspecified atom stereocenters. The molecule has 1 aliphatic rings. The highest BCUT2D eigenvalue weighted by atomic mass is 35.5. The monoisotopic (exact) mass is 259 g/mol. The Morgan fingerprint density at radius 2 is 2.39 bits per heavy atom. The molecule has 0 amide bonds. The molecular weight excluding hydrogens is 250 g/mol. The standard InChI is InChI=1S/C13H10ClN3O/c14-10-3-1-2-8(4-10)5-12-16-13(18-17-12)11-6-9(11)7-15/h1-4,9,11H,5-6H2. The fraction of sp³-hybridized carbons (Fsp3) is 0.308. The summed E-state index contributed by atoms with van der Waals surface area (Å²) in [4.78, 5) is 4.32. The summed E-state index contributed by atoms with van der Waals surface area (Å²) in [5.74, 6) is 1.40. The highest BCUT2D eigenvalue weighted by Crippen LogP contribution is 2.46. The minimum atomic E-state index is 0.0458. The molecule has 1 aromatic carbocycles. The van der Waals surface area contributed by atoms with Gasteiger partial charge in [-0.05, 0) is 24.1 Å². The predicted octanol–water partition coefficient (Wildman–Crippen LogP) is 2.94. The van der Waals surface area contributed by atoms with Crippen LogP contribution in [0.4, 0.5) is 0 Å². The van der Waals surface area contributed by atoms with Crippen LogP contribution in [-0.2, 0) is 6.42 Å². The van der Waals surface area contributed by atoms with Crippen LogP contribution in [0.1, 0.15) is 29.6 Å². The van der Waals surface area contributed by atoms with Gasteiger partial charge in [0.1, 0.15) is 0 Å². The van der Waals surface area contributed by atoms with E-state index in [9.17, 15) is 0 Å². The van der Waals surface area contributed by atoms with E-state index in [0.29, 0.717) is 23.2 Å². The SMILES string of the molecule is N#CC1CC1c1nc(Cc2cccc(Cl)c2)no1. The maximum absolute atomic E-state index is 8.76. The average Bonchev–Trinajstić information content (AvgIpc) is 3.02. The van der Waals surface area contributed by atoms with E-state index in [1.54, 1.807) is 0 Å². The average molecular weight is 260 g/mol. The van der Waals surface area contributed by atoms with Gasteiger partial charge in [-0.25, -0.2) is 0 Å². The molecule has 1 aliphatic carbocycles. The molecule has 0 bridgehead atoms. The number of aromatic nitrogens is 2. The molecule has 0 saturated heterocycles. The second-order valence-electron chi connectivity index (χ2n) is 4.43. The van der Waals surface area contributed by atoms with Crippen molar-refractivity contribution in [2.45, 2.75) is 18.8 Å². The lowest BCUT2D eigenvalue weighted by atomic mass is 10.1. The minimum absolute atomic E-state index is 0.0458. The number of hydrogen-bond donors (Lipinski definition) is 0. The van der Waals surface area contributed by atoms with Crippen LogP contribution in [0.2, 0.25) is 5.02 Å². The number of halogens is 1. The molecular formula is C13H10ClN3O. The zero-order valence-electron chi connectivity index (χ0n) is 9.51. The number of nitriles is 1. The van der Waals surface area contributed by atoms with E-state index in [1.807, 2.05) is 24.3 Å². The summed E-state index contributed by atoms with van der Waals surface area (Å²) < 4.78 is 5.18. The van der Waals surface area contributed by atoms with Gasteiger partial charge in [0, 0.05) is 11.4 Å². The van der Waals surface area contributed by atoms with Gasteiger partial charge < -0.3 is 4.52 Å². The fourth-order valence-electron chi connectivity index (χ4n) is 1.93. The number of rotatable bonds is 3. The molecule has 1 heterocycles. The van der Waals surface area contributed by atoms with Crippen molar-refractivity contribution in [1.82, 2.24) is 10.1 Å². The normalized spacial score (nSPS) is 21.6. The minimum Gasteiger partial charge on any atom is -0.339 e. The topological polar surface area (TPSA) is 62.7 Å². The van der Waals surface area contributed by atoms with Crippen molar-refractivity contribution in [1.29, 1.82) is 5.26 Å². The molecule has 1 saturated carbocycles. The zero-order valence-corrected chi connectivity index (χ0v) is 10.3. The van der Waals surface area contributed by atoms with Gasteiger partial charge in [-0.3, -0.25) is 0 Å². The van der Waals surface area contributed by atoms with E-state index >= 15 is 0 Å². The summed E-state index contributed by atoms with van der Waals surface area (Å²) in [7, 11) is 0. The van der Waals surface area contributed by atoms with Crippen LogP contribution in [-0.4, -0.2) is 10.1 Å². The summed E-state index contributed by atoms with van der Waals surface area (Å²) in [6, 6.07) is 9.78. The first kappa shape index (κ1) is 11.2. The van der Waals surface area contributed by atoms with E-state index in [1.165, 1.54) is 0 Å². The molecule has 0 spiro atoms. The Hall–Kier alpha value is -1.86. The second kappa shape index (κ2) is 4.43. The summed E-state index contributed by atoms with van der Waals surface area (Å²) in [6.45, 7) is 0. The Balaban J connectivity index is 1.73. The van der Waals surface area contributed by atoms with Crippen LogP contribution in [0.25, 0.3) is 0 Å². The van der Waals surface area contributed by atoms with Crippen LogP contribution in [0.3, 0.4) is 0 Å². The molecule has 18 heavy (non-hydrogen) atoms. The van der Waals surface area contributed by atoms with Gasteiger partial charge >= 0.3 is 0 Å². The number of hydrogen-bond acceptors (Lipinski definition) is 4. The van der Waals surface area contributed by atoms with E-state index < -0.39 is 0 Å². The number of nitrogens with zero attached hydrogens (tertiary/aromatic N) is 3. The second-order valence-corrected chi connectivity index (χ2v) is 4.87. The van der Waals surface area contributed by atoms with Gasteiger partial charge in [0.2, 0.25) is 5.89 Å². The molecule has 4 nitrogen and oxygen atoms in total. The fourth-order valence-corrected chi connectivity index (χ4v) is 2.14. The lowest BCUT2D eigenvalue weighted by Gasteiger charge is -1.96. The van der Waals surface area contributed by atoms with Crippen molar-refractivity contribution in [2.24, 2.45) is 5.92 Å². The lowest BCUT2D eigenvalue weighted by Crippen LogP contribution is -1.91. The van der Waals surface area contributed by atoms with Crippen LogP contribution in [0.5, 0.6) is 0 Å². The van der Waals surface area contributed by atoms with Crippen LogP contribution in [0, 0.1) is 17.2 Å². The molecule has 2 atom stereocenters. The third-order valence-electron chi connectivity index (χ3n) is 3.01. The molecule has 5 heteroatoms. The Bertz CT molecular complexity index is 617. The maximum atomic E-state index is 8.76. The van der Waals surface area contributed by atoms with Crippen LogP contribution >= 0.6 is 11.6 Å². The quantitative estimate of drug-likeness (QED) is 0.850. The predicted molar refractivity (Wildman–Crippen MR) is 65.0 cm³/mol. The molecule has 0 radical (unpaired) electrons. The summed E-state index contributed by atoms with van der Waals surface area (Å²) in [5.41, 5.74) is 1.04. The first-order valence-corrected chi connectivity index (χ1v) is 6.10. The van der Waals surface area contributed by atoms with Crippen molar-refractivity contribution >= 4 is 11.6 Å².